The number of anilines is 2. The van der Waals surface area contributed by atoms with Crippen LogP contribution in [-0.4, -0.2) is 17.4 Å². The van der Waals surface area contributed by atoms with Crippen LogP contribution in [0.1, 0.15) is 40.0 Å². The normalized spacial score (nSPS) is 10.4. The second kappa shape index (κ2) is 7.69. The van der Waals surface area contributed by atoms with E-state index in [2.05, 4.69) is 36.4 Å². The topological polar surface area (TPSA) is 54.0 Å². The molecule has 0 saturated carbocycles. The number of rotatable bonds is 7. The van der Waals surface area contributed by atoms with Crippen molar-refractivity contribution in [3.05, 3.63) is 18.3 Å². The van der Waals surface area contributed by atoms with Gasteiger partial charge in [-0.25, -0.2) is 4.98 Å². The average Bonchev–Trinajstić information content (AvgIpc) is 2.35. The fourth-order valence-electron chi connectivity index (χ4n) is 1.44. The zero-order valence-corrected chi connectivity index (χ0v) is 11.5. The van der Waals surface area contributed by atoms with Crippen molar-refractivity contribution in [2.45, 2.75) is 40.0 Å². The zero-order valence-electron chi connectivity index (χ0n) is 11.5. The molecule has 4 nitrogen and oxygen atoms in total. The van der Waals surface area contributed by atoms with Gasteiger partial charge < -0.3 is 10.6 Å². The molecule has 18 heavy (non-hydrogen) atoms. The highest BCUT2D eigenvalue weighted by atomic mass is 16.1. The van der Waals surface area contributed by atoms with Crippen molar-refractivity contribution >= 4 is 17.4 Å². The molecule has 100 valence electrons. The Morgan fingerprint density at radius 3 is 2.72 bits per heavy atom. The summed E-state index contributed by atoms with van der Waals surface area (Å²) in [6, 6.07) is 3.76. The molecule has 0 spiro atoms. The number of hydrogen-bond donors (Lipinski definition) is 2. The molecule has 1 aromatic heterocycles. The van der Waals surface area contributed by atoms with Crippen LogP contribution in [0.3, 0.4) is 0 Å². The van der Waals surface area contributed by atoms with Gasteiger partial charge in [0.1, 0.15) is 5.82 Å². The second-order valence-electron chi connectivity index (χ2n) is 4.86. The largest absolute Gasteiger partial charge is 0.370 e. The standard InChI is InChI=1S/C14H23N3O/c1-4-5-6-14(18)17-12-7-8-13(16-10-12)15-9-11(2)3/h7-8,10-11H,4-6,9H2,1-3H3,(H,15,16)(H,17,18). The molecular formula is C14H23N3O. The number of carbonyl (C=O) groups excluding carboxylic acids is 1. The molecule has 1 aromatic rings. The van der Waals surface area contributed by atoms with Gasteiger partial charge in [0.25, 0.3) is 0 Å². The van der Waals surface area contributed by atoms with Crippen LogP contribution in [0.2, 0.25) is 0 Å². The highest BCUT2D eigenvalue weighted by Crippen LogP contribution is 2.11. The third kappa shape index (κ3) is 5.66. The fourth-order valence-corrected chi connectivity index (χ4v) is 1.44. The number of nitrogens with zero attached hydrogens (tertiary/aromatic N) is 1. The Hall–Kier alpha value is -1.58. The summed E-state index contributed by atoms with van der Waals surface area (Å²) in [4.78, 5) is 15.8. The van der Waals surface area contributed by atoms with Crippen LogP contribution in [0, 0.1) is 5.92 Å². The van der Waals surface area contributed by atoms with E-state index in [1.807, 2.05) is 12.1 Å². The molecule has 0 fully saturated rings. The lowest BCUT2D eigenvalue weighted by atomic mass is 10.2. The second-order valence-corrected chi connectivity index (χ2v) is 4.86. The summed E-state index contributed by atoms with van der Waals surface area (Å²) in [7, 11) is 0. The van der Waals surface area contributed by atoms with Crippen LogP contribution in [-0.2, 0) is 4.79 Å². The predicted molar refractivity (Wildman–Crippen MR) is 75.7 cm³/mol. The third-order valence-electron chi connectivity index (χ3n) is 2.50. The van der Waals surface area contributed by atoms with Crippen LogP contribution in [0.4, 0.5) is 11.5 Å². The Balaban J connectivity index is 2.42. The molecule has 2 N–H and O–H groups in total. The van der Waals surface area contributed by atoms with Crippen LogP contribution in [0.25, 0.3) is 0 Å². The van der Waals surface area contributed by atoms with Crippen LogP contribution in [0.5, 0.6) is 0 Å². The van der Waals surface area contributed by atoms with Crippen LogP contribution >= 0.6 is 0 Å². The van der Waals surface area contributed by atoms with Gasteiger partial charge in [-0.2, -0.15) is 0 Å². The first-order chi connectivity index (χ1) is 8.61. The van der Waals surface area contributed by atoms with Gasteiger partial charge in [-0.15, -0.1) is 0 Å². The van der Waals surface area contributed by atoms with Gasteiger partial charge in [0.15, 0.2) is 0 Å². The molecule has 0 saturated heterocycles. The smallest absolute Gasteiger partial charge is 0.224 e. The van der Waals surface area contributed by atoms with Gasteiger partial charge in [-0.1, -0.05) is 27.2 Å². The first-order valence-electron chi connectivity index (χ1n) is 6.61. The maximum Gasteiger partial charge on any atom is 0.224 e. The molecule has 1 amide bonds. The molecule has 0 atom stereocenters. The van der Waals surface area contributed by atoms with Crippen LogP contribution < -0.4 is 10.6 Å². The molecule has 1 rings (SSSR count). The van der Waals surface area contributed by atoms with E-state index in [0.717, 1.165) is 30.9 Å². The van der Waals surface area contributed by atoms with Crippen LogP contribution in [0.15, 0.2) is 18.3 Å². The van der Waals surface area contributed by atoms with Gasteiger partial charge in [-0.05, 0) is 24.5 Å². The zero-order chi connectivity index (χ0) is 13.4. The van der Waals surface area contributed by atoms with E-state index >= 15 is 0 Å². The SMILES string of the molecule is CCCCC(=O)Nc1ccc(NCC(C)C)nc1. The van der Waals surface area contributed by atoms with E-state index < -0.39 is 0 Å². The molecule has 1 heterocycles. The van der Waals surface area contributed by atoms with Crippen molar-refractivity contribution in [2.75, 3.05) is 17.2 Å². The van der Waals surface area contributed by atoms with Crippen molar-refractivity contribution in [2.24, 2.45) is 5.92 Å². The van der Waals surface area contributed by atoms with E-state index in [4.69, 9.17) is 0 Å². The molecule has 0 bridgehead atoms. The minimum atomic E-state index is 0.0570. The first-order valence-corrected chi connectivity index (χ1v) is 6.61. The van der Waals surface area contributed by atoms with E-state index in [0.29, 0.717) is 12.3 Å². The summed E-state index contributed by atoms with van der Waals surface area (Å²) in [5.74, 6) is 1.48. The number of carbonyl (C=O) groups is 1. The van der Waals surface area contributed by atoms with Crippen molar-refractivity contribution in [1.82, 2.24) is 4.98 Å². The van der Waals surface area contributed by atoms with Crippen molar-refractivity contribution in [1.29, 1.82) is 0 Å². The molecule has 0 radical (unpaired) electrons. The molecule has 0 aliphatic carbocycles. The third-order valence-corrected chi connectivity index (χ3v) is 2.50. The average molecular weight is 249 g/mol. The quantitative estimate of drug-likeness (QED) is 0.779. The number of hydrogen-bond acceptors (Lipinski definition) is 3. The van der Waals surface area contributed by atoms with Gasteiger partial charge in [0.2, 0.25) is 5.91 Å². The van der Waals surface area contributed by atoms with Crippen molar-refractivity contribution in [3.63, 3.8) is 0 Å². The maximum atomic E-state index is 11.5. The number of amides is 1. The molecular weight excluding hydrogens is 226 g/mol. The number of pyridine rings is 1. The predicted octanol–water partition coefficient (Wildman–Crippen LogP) is 3.28. The summed E-state index contributed by atoms with van der Waals surface area (Å²) in [6.07, 6.45) is 4.22. The lowest BCUT2D eigenvalue weighted by molar-refractivity contribution is -0.116. The fraction of sp³-hybridized carbons (Fsp3) is 0.571. The molecule has 0 aliphatic rings. The summed E-state index contributed by atoms with van der Waals surface area (Å²) in [5, 5.41) is 6.07. The maximum absolute atomic E-state index is 11.5. The summed E-state index contributed by atoms with van der Waals surface area (Å²) < 4.78 is 0. The van der Waals surface area contributed by atoms with Crippen molar-refractivity contribution < 1.29 is 4.79 Å². The number of aromatic nitrogens is 1. The Kier molecular flexibility index (Phi) is 6.19. The van der Waals surface area contributed by atoms with E-state index in [1.54, 1.807) is 6.20 Å². The monoisotopic (exact) mass is 249 g/mol. The van der Waals surface area contributed by atoms with Gasteiger partial charge in [-0.3, -0.25) is 4.79 Å². The van der Waals surface area contributed by atoms with Gasteiger partial charge >= 0.3 is 0 Å². The Morgan fingerprint density at radius 2 is 2.17 bits per heavy atom. The van der Waals surface area contributed by atoms with Crippen molar-refractivity contribution in [3.8, 4) is 0 Å². The summed E-state index contributed by atoms with van der Waals surface area (Å²) in [6.45, 7) is 7.27. The Bertz CT molecular complexity index is 360. The molecule has 0 aliphatic heterocycles. The van der Waals surface area contributed by atoms with E-state index in [9.17, 15) is 4.79 Å². The van der Waals surface area contributed by atoms with Gasteiger partial charge in [0.05, 0.1) is 11.9 Å². The highest BCUT2D eigenvalue weighted by molar-refractivity contribution is 5.90. The number of nitrogens with one attached hydrogen (secondary N) is 2. The molecule has 0 aromatic carbocycles. The minimum absolute atomic E-state index is 0.0570. The summed E-state index contributed by atoms with van der Waals surface area (Å²) >= 11 is 0. The minimum Gasteiger partial charge on any atom is -0.370 e. The van der Waals surface area contributed by atoms with E-state index in [1.165, 1.54) is 0 Å². The van der Waals surface area contributed by atoms with Gasteiger partial charge in [0, 0.05) is 13.0 Å². The molecule has 0 unspecified atom stereocenters. The first kappa shape index (κ1) is 14.5. The lowest BCUT2D eigenvalue weighted by Crippen LogP contribution is -2.12. The number of unbranched alkanes of at least 4 members (excludes halogenated alkanes) is 1. The highest BCUT2D eigenvalue weighted by Gasteiger charge is 2.02. The molecule has 4 heteroatoms. The van der Waals surface area contributed by atoms with E-state index in [-0.39, 0.29) is 5.91 Å². The Morgan fingerprint density at radius 1 is 1.39 bits per heavy atom. The summed E-state index contributed by atoms with van der Waals surface area (Å²) in [5.41, 5.74) is 0.756. The Labute approximate surface area is 109 Å². The lowest BCUT2D eigenvalue weighted by Gasteiger charge is -2.09.